The molecule has 5 nitrogen and oxygen atoms in total. The van der Waals surface area contributed by atoms with E-state index < -0.39 is 5.97 Å². The first-order valence-corrected chi connectivity index (χ1v) is 12.5. The summed E-state index contributed by atoms with van der Waals surface area (Å²) in [4.78, 5) is 21.9. The highest BCUT2D eigenvalue weighted by atomic mass is 16.5. The second-order valence-corrected chi connectivity index (χ2v) is 8.88. The van der Waals surface area contributed by atoms with Crippen molar-refractivity contribution in [2.45, 2.75) is 123 Å². The molecule has 0 aliphatic carbocycles. The molecular weight excluding hydrogens is 404 g/mol. The summed E-state index contributed by atoms with van der Waals surface area (Å²) in [5, 5.41) is 8.67. The first kappa shape index (κ1) is 28.2. The normalized spacial score (nSPS) is 12.9. The van der Waals surface area contributed by atoms with Crippen molar-refractivity contribution in [2.24, 2.45) is 0 Å². The fourth-order valence-electron chi connectivity index (χ4n) is 3.91. The molecule has 0 aromatic heterocycles. The highest BCUT2D eigenvalue weighted by molar-refractivity contribution is 5.66. The summed E-state index contributed by atoms with van der Waals surface area (Å²) in [6.07, 6.45) is 14.3. The first-order chi connectivity index (χ1) is 15.5. The third kappa shape index (κ3) is 16.8. The maximum Gasteiger partial charge on any atom is 0.303 e. The van der Waals surface area contributed by atoms with Gasteiger partial charge in [0.15, 0.2) is 0 Å². The fraction of sp³-hybridized carbons (Fsp3) is 0.704. The molecule has 1 N–H and O–H groups in total. The Kier molecular flexibility index (Phi) is 16.4. The van der Waals surface area contributed by atoms with Crippen LogP contribution in [0.3, 0.4) is 0 Å². The molecule has 0 radical (unpaired) electrons. The van der Waals surface area contributed by atoms with Crippen molar-refractivity contribution in [2.75, 3.05) is 0 Å². The maximum absolute atomic E-state index is 11.4. The zero-order valence-corrected chi connectivity index (χ0v) is 20.2. The standard InChI is InChI=1S/C27H44O5/c1-23(31-22-25-17-11-9-12-18-25)16-10-5-3-4-6-13-19-26(32-24(2)28)20-14-7-8-15-21-27(29)30/h9,11-12,17-18,23,26H,3-8,10,13-16,19-22H2,1-2H3,(H,29,30). The van der Waals surface area contributed by atoms with Gasteiger partial charge >= 0.3 is 11.9 Å². The summed E-state index contributed by atoms with van der Waals surface area (Å²) in [5.41, 5.74) is 1.23. The Bertz CT molecular complexity index is 601. The zero-order valence-electron chi connectivity index (χ0n) is 20.2. The lowest BCUT2D eigenvalue weighted by Crippen LogP contribution is -2.16. The number of unbranched alkanes of at least 4 members (excludes halogenated alkanes) is 8. The second kappa shape index (κ2) is 18.7. The predicted octanol–water partition coefficient (Wildman–Crippen LogP) is 7.07. The molecule has 1 aromatic carbocycles. The third-order valence-corrected chi connectivity index (χ3v) is 5.76. The van der Waals surface area contributed by atoms with Crippen molar-refractivity contribution >= 4 is 11.9 Å². The Morgan fingerprint density at radius 1 is 0.812 bits per heavy atom. The van der Waals surface area contributed by atoms with Crippen LogP contribution in [0.1, 0.15) is 109 Å². The number of carboxylic acids is 1. The predicted molar refractivity (Wildman–Crippen MR) is 129 cm³/mol. The minimum absolute atomic E-state index is 0.00888. The van der Waals surface area contributed by atoms with Crippen LogP contribution in [0.25, 0.3) is 0 Å². The first-order valence-electron chi connectivity index (χ1n) is 12.5. The summed E-state index contributed by atoms with van der Waals surface area (Å²) < 4.78 is 11.4. The smallest absolute Gasteiger partial charge is 0.303 e. The Labute approximate surface area is 194 Å². The molecule has 0 aliphatic rings. The molecule has 0 amide bonds. The molecule has 5 heteroatoms. The fourth-order valence-corrected chi connectivity index (χ4v) is 3.91. The summed E-state index contributed by atoms with van der Waals surface area (Å²) in [7, 11) is 0. The van der Waals surface area contributed by atoms with E-state index in [0.717, 1.165) is 51.4 Å². The summed E-state index contributed by atoms with van der Waals surface area (Å²) in [6, 6.07) is 10.3. The Hall–Kier alpha value is -1.88. The van der Waals surface area contributed by atoms with E-state index in [1.807, 2.05) is 18.2 Å². The molecule has 1 rings (SSSR count). The van der Waals surface area contributed by atoms with Crippen LogP contribution in [0.5, 0.6) is 0 Å². The number of rotatable bonds is 20. The lowest BCUT2D eigenvalue weighted by molar-refractivity contribution is -0.147. The number of hydrogen-bond donors (Lipinski definition) is 1. The Morgan fingerprint density at radius 3 is 1.91 bits per heavy atom. The topological polar surface area (TPSA) is 72.8 Å². The van der Waals surface area contributed by atoms with E-state index in [0.29, 0.717) is 12.7 Å². The van der Waals surface area contributed by atoms with Gasteiger partial charge in [0.1, 0.15) is 6.10 Å². The summed E-state index contributed by atoms with van der Waals surface area (Å²) in [6.45, 7) is 4.32. The minimum atomic E-state index is -0.728. The average Bonchev–Trinajstić information content (AvgIpc) is 2.76. The van der Waals surface area contributed by atoms with Gasteiger partial charge < -0.3 is 14.6 Å². The molecule has 0 bridgehead atoms. The van der Waals surface area contributed by atoms with Crippen LogP contribution >= 0.6 is 0 Å². The largest absolute Gasteiger partial charge is 0.481 e. The SMILES string of the molecule is CC(=O)OC(CCCCCCCCC(C)OCc1ccccc1)CCCCCCC(=O)O. The Balaban J connectivity index is 2.00. The van der Waals surface area contributed by atoms with E-state index in [9.17, 15) is 9.59 Å². The van der Waals surface area contributed by atoms with E-state index >= 15 is 0 Å². The van der Waals surface area contributed by atoms with Crippen molar-refractivity contribution in [1.82, 2.24) is 0 Å². The summed E-state index contributed by atoms with van der Waals surface area (Å²) in [5.74, 6) is -0.932. The highest BCUT2D eigenvalue weighted by Gasteiger charge is 2.11. The number of hydrogen-bond acceptors (Lipinski definition) is 4. The number of aliphatic carboxylic acids is 1. The van der Waals surface area contributed by atoms with E-state index in [1.54, 1.807) is 0 Å². The lowest BCUT2D eigenvalue weighted by atomic mass is 10.0. The van der Waals surface area contributed by atoms with Crippen molar-refractivity contribution in [3.63, 3.8) is 0 Å². The molecule has 182 valence electrons. The van der Waals surface area contributed by atoms with Crippen LogP contribution in [-0.4, -0.2) is 29.3 Å². The highest BCUT2D eigenvalue weighted by Crippen LogP contribution is 2.17. The van der Waals surface area contributed by atoms with Gasteiger partial charge in [0, 0.05) is 13.3 Å². The van der Waals surface area contributed by atoms with Gasteiger partial charge in [-0.1, -0.05) is 75.3 Å². The molecule has 0 spiro atoms. The monoisotopic (exact) mass is 448 g/mol. The minimum Gasteiger partial charge on any atom is -0.481 e. The molecule has 1 aromatic rings. The third-order valence-electron chi connectivity index (χ3n) is 5.76. The van der Waals surface area contributed by atoms with E-state index in [4.69, 9.17) is 14.6 Å². The second-order valence-electron chi connectivity index (χ2n) is 8.88. The van der Waals surface area contributed by atoms with Gasteiger partial charge in [0.05, 0.1) is 12.7 Å². The number of benzene rings is 1. The van der Waals surface area contributed by atoms with Crippen LogP contribution in [0.4, 0.5) is 0 Å². The molecule has 0 saturated carbocycles. The van der Waals surface area contributed by atoms with Crippen molar-refractivity contribution in [1.29, 1.82) is 0 Å². The van der Waals surface area contributed by atoms with Gasteiger partial charge in [-0.2, -0.15) is 0 Å². The molecular formula is C27H44O5. The van der Waals surface area contributed by atoms with Gasteiger partial charge in [0.2, 0.25) is 0 Å². The number of ether oxygens (including phenoxy) is 2. The van der Waals surface area contributed by atoms with Crippen molar-refractivity contribution in [3.05, 3.63) is 35.9 Å². The van der Waals surface area contributed by atoms with Crippen LogP contribution in [0.15, 0.2) is 30.3 Å². The van der Waals surface area contributed by atoms with E-state index in [1.165, 1.54) is 44.6 Å². The number of carbonyl (C=O) groups excluding carboxylic acids is 1. The van der Waals surface area contributed by atoms with E-state index in [-0.39, 0.29) is 18.5 Å². The Morgan fingerprint density at radius 2 is 1.34 bits per heavy atom. The number of carboxylic acid groups (broad SMARTS) is 1. The van der Waals surface area contributed by atoms with E-state index in [2.05, 4.69) is 19.1 Å². The number of carbonyl (C=O) groups is 2. The molecule has 32 heavy (non-hydrogen) atoms. The zero-order chi connectivity index (χ0) is 23.4. The molecule has 0 saturated heterocycles. The molecule has 0 aliphatic heterocycles. The summed E-state index contributed by atoms with van der Waals surface area (Å²) >= 11 is 0. The molecule has 2 unspecified atom stereocenters. The van der Waals surface area contributed by atoms with Crippen LogP contribution in [-0.2, 0) is 25.7 Å². The van der Waals surface area contributed by atoms with Crippen molar-refractivity contribution < 1.29 is 24.2 Å². The lowest BCUT2D eigenvalue weighted by Gasteiger charge is -2.17. The van der Waals surface area contributed by atoms with Gasteiger partial charge in [0.25, 0.3) is 0 Å². The molecule has 0 fully saturated rings. The molecule has 2 atom stereocenters. The average molecular weight is 449 g/mol. The van der Waals surface area contributed by atoms with Crippen molar-refractivity contribution in [3.8, 4) is 0 Å². The van der Waals surface area contributed by atoms with Gasteiger partial charge in [-0.15, -0.1) is 0 Å². The van der Waals surface area contributed by atoms with Gasteiger partial charge in [-0.3, -0.25) is 9.59 Å². The van der Waals surface area contributed by atoms with Gasteiger partial charge in [-0.25, -0.2) is 0 Å². The molecule has 0 heterocycles. The number of esters is 1. The van der Waals surface area contributed by atoms with Crippen LogP contribution in [0.2, 0.25) is 0 Å². The maximum atomic E-state index is 11.4. The van der Waals surface area contributed by atoms with Crippen LogP contribution < -0.4 is 0 Å². The van der Waals surface area contributed by atoms with Crippen LogP contribution in [0, 0.1) is 0 Å². The quantitative estimate of drug-likeness (QED) is 0.171. The van der Waals surface area contributed by atoms with Gasteiger partial charge in [-0.05, 0) is 51.0 Å².